The third-order valence-corrected chi connectivity index (χ3v) is 2.20. The molecule has 0 aliphatic carbocycles. The van der Waals surface area contributed by atoms with Crippen LogP contribution in [0.1, 0.15) is 19.9 Å². The minimum absolute atomic E-state index is 0.245. The van der Waals surface area contributed by atoms with Crippen LogP contribution in [0.25, 0.3) is 0 Å². The van der Waals surface area contributed by atoms with Crippen molar-refractivity contribution >= 4 is 11.6 Å². The Labute approximate surface area is 89.5 Å². The highest BCUT2D eigenvalue weighted by Gasteiger charge is 2.09. The molecule has 5 N–H and O–H groups in total. The first-order valence-corrected chi connectivity index (χ1v) is 5.05. The summed E-state index contributed by atoms with van der Waals surface area (Å²) in [5.41, 5.74) is 5.79. The molecule has 1 heterocycles. The predicted octanol–water partition coefficient (Wildman–Crippen LogP) is 0.416. The SMILES string of the molecule is CC(C)n1c(N)ccc1NCC(O)CO. The molecule has 1 aromatic rings. The first kappa shape index (κ1) is 11.9. The van der Waals surface area contributed by atoms with Crippen LogP contribution in [-0.4, -0.2) is 34.0 Å². The van der Waals surface area contributed by atoms with Gasteiger partial charge in [-0.15, -0.1) is 0 Å². The summed E-state index contributed by atoms with van der Waals surface area (Å²) >= 11 is 0. The zero-order chi connectivity index (χ0) is 11.4. The number of nitrogens with zero attached hydrogens (tertiary/aromatic N) is 1. The number of nitrogen functional groups attached to an aromatic ring is 1. The molecule has 1 rings (SSSR count). The third-order valence-electron chi connectivity index (χ3n) is 2.20. The minimum atomic E-state index is -0.748. The van der Waals surface area contributed by atoms with Crippen LogP contribution in [0.3, 0.4) is 0 Å². The number of rotatable bonds is 5. The molecule has 0 saturated heterocycles. The first-order chi connectivity index (χ1) is 7.06. The Balaban J connectivity index is 2.68. The van der Waals surface area contributed by atoms with Gasteiger partial charge in [0.25, 0.3) is 0 Å². The summed E-state index contributed by atoms with van der Waals surface area (Å²) in [6, 6.07) is 3.93. The van der Waals surface area contributed by atoms with Crippen LogP contribution in [0.4, 0.5) is 11.6 Å². The molecule has 0 fully saturated rings. The van der Waals surface area contributed by atoms with E-state index in [0.29, 0.717) is 12.4 Å². The summed E-state index contributed by atoms with van der Waals surface area (Å²) in [5.74, 6) is 1.54. The average molecular weight is 213 g/mol. The minimum Gasteiger partial charge on any atom is -0.394 e. The van der Waals surface area contributed by atoms with Gasteiger partial charge in [0.15, 0.2) is 0 Å². The third kappa shape index (κ3) is 2.87. The number of nitrogens with one attached hydrogen (secondary N) is 1. The number of hydrogen-bond donors (Lipinski definition) is 4. The van der Waals surface area contributed by atoms with E-state index in [4.69, 9.17) is 10.8 Å². The number of aliphatic hydroxyl groups is 2. The number of aromatic nitrogens is 1. The molecule has 0 aliphatic heterocycles. The van der Waals surface area contributed by atoms with Crippen molar-refractivity contribution in [2.45, 2.75) is 26.0 Å². The van der Waals surface area contributed by atoms with Crippen LogP contribution in [0, 0.1) is 0 Å². The van der Waals surface area contributed by atoms with Crippen LogP contribution < -0.4 is 11.1 Å². The van der Waals surface area contributed by atoms with E-state index >= 15 is 0 Å². The Hall–Kier alpha value is -1.20. The second kappa shape index (κ2) is 5.04. The van der Waals surface area contributed by atoms with E-state index < -0.39 is 6.10 Å². The van der Waals surface area contributed by atoms with Crippen LogP contribution >= 0.6 is 0 Å². The van der Waals surface area contributed by atoms with Crippen molar-refractivity contribution < 1.29 is 10.2 Å². The lowest BCUT2D eigenvalue weighted by molar-refractivity contribution is 0.105. The molecule has 1 atom stereocenters. The Morgan fingerprint density at radius 1 is 1.47 bits per heavy atom. The van der Waals surface area contributed by atoms with Gasteiger partial charge in [0.2, 0.25) is 0 Å². The molecule has 0 spiro atoms. The quantitative estimate of drug-likeness (QED) is 0.571. The fourth-order valence-corrected chi connectivity index (χ4v) is 1.47. The smallest absolute Gasteiger partial charge is 0.107 e. The zero-order valence-corrected chi connectivity index (χ0v) is 9.14. The molecule has 0 saturated carbocycles. The van der Waals surface area contributed by atoms with Crippen LogP contribution in [0.2, 0.25) is 0 Å². The highest BCUT2D eigenvalue weighted by atomic mass is 16.3. The van der Waals surface area contributed by atoms with Crippen molar-refractivity contribution in [2.24, 2.45) is 0 Å². The van der Waals surface area contributed by atoms with Crippen molar-refractivity contribution in [2.75, 3.05) is 24.2 Å². The van der Waals surface area contributed by atoms with Crippen LogP contribution in [0.5, 0.6) is 0 Å². The number of anilines is 2. The topological polar surface area (TPSA) is 83.4 Å². The lowest BCUT2D eigenvalue weighted by atomic mass is 10.3. The van der Waals surface area contributed by atoms with Gasteiger partial charge in [0, 0.05) is 12.6 Å². The molecule has 86 valence electrons. The van der Waals surface area contributed by atoms with E-state index in [-0.39, 0.29) is 12.6 Å². The molecule has 5 heteroatoms. The van der Waals surface area contributed by atoms with E-state index in [1.54, 1.807) is 0 Å². The fraction of sp³-hybridized carbons (Fsp3) is 0.600. The summed E-state index contributed by atoms with van der Waals surface area (Å²) in [6.45, 7) is 4.13. The zero-order valence-electron chi connectivity index (χ0n) is 9.14. The highest BCUT2D eigenvalue weighted by Crippen LogP contribution is 2.21. The highest BCUT2D eigenvalue weighted by molar-refractivity contribution is 5.49. The molecule has 1 aromatic heterocycles. The van der Waals surface area contributed by atoms with Gasteiger partial charge in [0.05, 0.1) is 12.7 Å². The normalized spacial score (nSPS) is 13.1. The molecule has 1 unspecified atom stereocenters. The van der Waals surface area contributed by atoms with Crippen molar-refractivity contribution in [3.63, 3.8) is 0 Å². The number of aliphatic hydroxyl groups excluding tert-OH is 2. The van der Waals surface area contributed by atoms with Gasteiger partial charge in [0.1, 0.15) is 11.6 Å². The lowest BCUT2D eigenvalue weighted by Crippen LogP contribution is -2.24. The maximum absolute atomic E-state index is 9.20. The molecule has 15 heavy (non-hydrogen) atoms. The Morgan fingerprint density at radius 2 is 2.13 bits per heavy atom. The van der Waals surface area contributed by atoms with Crippen LogP contribution in [0.15, 0.2) is 12.1 Å². The monoisotopic (exact) mass is 213 g/mol. The molecular weight excluding hydrogens is 194 g/mol. The molecule has 5 nitrogen and oxygen atoms in total. The molecule has 0 amide bonds. The predicted molar refractivity (Wildman–Crippen MR) is 60.8 cm³/mol. The summed E-state index contributed by atoms with van der Waals surface area (Å²) in [4.78, 5) is 0. The Morgan fingerprint density at radius 3 is 2.67 bits per heavy atom. The molecular formula is C10H19N3O2. The van der Waals surface area contributed by atoms with Crippen molar-refractivity contribution in [1.82, 2.24) is 4.57 Å². The number of nitrogens with two attached hydrogens (primary N) is 1. The lowest BCUT2D eigenvalue weighted by Gasteiger charge is -2.17. The van der Waals surface area contributed by atoms with E-state index in [1.165, 1.54) is 0 Å². The van der Waals surface area contributed by atoms with Crippen molar-refractivity contribution in [3.05, 3.63) is 12.1 Å². The van der Waals surface area contributed by atoms with Gasteiger partial charge in [-0.05, 0) is 26.0 Å². The van der Waals surface area contributed by atoms with Gasteiger partial charge in [-0.3, -0.25) is 0 Å². The summed E-state index contributed by atoms with van der Waals surface area (Å²) in [5, 5.41) is 20.9. The first-order valence-electron chi connectivity index (χ1n) is 5.05. The van der Waals surface area contributed by atoms with E-state index in [1.807, 2.05) is 30.5 Å². The molecule has 0 radical (unpaired) electrons. The van der Waals surface area contributed by atoms with Crippen molar-refractivity contribution in [1.29, 1.82) is 0 Å². The fourth-order valence-electron chi connectivity index (χ4n) is 1.47. The van der Waals surface area contributed by atoms with E-state index in [2.05, 4.69) is 5.32 Å². The average Bonchev–Trinajstić information content (AvgIpc) is 2.56. The van der Waals surface area contributed by atoms with E-state index in [0.717, 1.165) is 5.82 Å². The standard InChI is InChI=1S/C10H19N3O2/c1-7(2)13-9(11)3-4-10(13)12-5-8(15)6-14/h3-4,7-8,12,14-15H,5-6,11H2,1-2H3. The molecule has 0 bridgehead atoms. The van der Waals surface area contributed by atoms with Gasteiger partial charge in [-0.1, -0.05) is 0 Å². The summed E-state index contributed by atoms with van der Waals surface area (Å²) in [6.07, 6.45) is -0.748. The van der Waals surface area contributed by atoms with Gasteiger partial charge in [-0.2, -0.15) is 0 Å². The largest absolute Gasteiger partial charge is 0.394 e. The van der Waals surface area contributed by atoms with Gasteiger partial charge < -0.3 is 25.8 Å². The number of hydrogen-bond acceptors (Lipinski definition) is 4. The second-order valence-corrected chi connectivity index (χ2v) is 3.82. The molecule has 0 aromatic carbocycles. The van der Waals surface area contributed by atoms with Crippen LogP contribution in [-0.2, 0) is 0 Å². The summed E-state index contributed by atoms with van der Waals surface area (Å²) < 4.78 is 1.93. The van der Waals surface area contributed by atoms with Gasteiger partial charge in [-0.25, -0.2) is 0 Å². The second-order valence-electron chi connectivity index (χ2n) is 3.82. The summed E-state index contributed by atoms with van der Waals surface area (Å²) in [7, 11) is 0. The molecule has 0 aliphatic rings. The maximum atomic E-state index is 9.20. The Bertz CT molecular complexity index is 310. The maximum Gasteiger partial charge on any atom is 0.107 e. The van der Waals surface area contributed by atoms with E-state index in [9.17, 15) is 5.11 Å². The van der Waals surface area contributed by atoms with Crippen molar-refractivity contribution in [3.8, 4) is 0 Å². The Kier molecular flexibility index (Phi) is 3.99. The van der Waals surface area contributed by atoms with Gasteiger partial charge >= 0.3 is 0 Å².